The lowest BCUT2D eigenvalue weighted by atomic mass is 9.84. The third kappa shape index (κ3) is 8.59. The number of aryl methyl sites for hydroxylation is 1. The first-order chi connectivity index (χ1) is 13.2. The lowest BCUT2D eigenvalue weighted by molar-refractivity contribution is 0.0106. The standard InChI is InChI=1S/C22H37NO5/c1-16(26-5)14-19(20(15-24)27-6)18-12-8-7-10-17(18)11-9-13-23-21(25)28-22(2,3)4/h7-8,10,12,16,19-20,24H,9,11,13-15H2,1-6H3,(H,23,25). The molecule has 0 aliphatic carbocycles. The van der Waals surface area contributed by atoms with Crippen LogP contribution in [0.15, 0.2) is 24.3 Å². The Kier molecular flexibility index (Phi) is 10.5. The fraction of sp³-hybridized carbons (Fsp3) is 0.682. The van der Waals surface area contributed by atoms with Gasteiger partial charge >= 0.3 is 6.09 Å². The van der Waals surface area contributed by atoms with E-state index in [-0.39, 0.29) is 24.7 Å². The van der Waals surface area contributed by atoms with E-state index in [1.165, 1.54) is 5.56 Å². The second-order valence-corrected chi connectivity index (χ2v) is 8.08. The Morgan fingerprint density at radius 1 is 1.18 bits per heavy atom. The molecule has 0 saturated carbocycles. The largest absolute Gasteiger partial charge is 0.444 e. The van der Waals surface area contributed by atoms with Crippen LogP contribution < -0.4 is 5.32 Å². The molecule has 1 aromatic carbocycles. The van der Waals surface area contributed by atoms with Gasteiger partial charge in [-0.05, 0) is 58.1 Å². The number of methoxy groups -OCH3 is 2. The maximum atomic E-state index is 11.8. The predicted octanol–water partition coefficient (Wildman–Crippen LogP) is 3.66. The average Bonchev–Trinajstić information content (AvgIpc) is 2.64. The van der Waals surface area contributed by atoms with Gasteiger partial charge < -0.3 is 24.6 Å². The molecule has 0 spiro atoms. The third-order valence-corrected chi connectivity index (χ3v) is 4.67. The van der Waals surface area contributed by atoms with E-state index in [0.717, 1.165) is 24.8 Å². The highest BCUT2D eigenvalue weighted by atomic mass is 16.6. The van der Waals surface area contributed by atoms with Gasteiger partial charge in [0.05, 0.1) is 18.8 Å². The van der Waals surface area contributed by atoms with Crippen LogP contribution in [0, 0.1) is 0 Å². The highest BCUT2D eigenvalue weighted by Crippen LogP contribution is 2.30. The maximum Gasteiger partial charge on any atom is 0.407 e. The van der Waals surface area contributed by atoms with Crippen molar-refractivity contribution in [1.82, 2.24) is 5.32 Å². The summed E-state index contributed by atoms with van der Waals surface area (Å²) >= 11 is 0. The number of alkyl carbamates (subject to hydrolysis) is 1. The van der Waals surface area contributed by atoms with Gasteiger partial charge in [0.15, 0.2) is 0 Å². The summed E-state index contributed by atoms with van der Waals surface area (Å²) in [5.74, 6) is 0.0277. The molecule has 0 saturated heterocycles. The van der Waals surface area contributed by atoms with Crippen molar-refractivity contribution in [2.45, 2.75) is 70.7 Å². The molecule has 160 valence electrons. The summed E-state index contributed by atoms with van der Waals surface area (Å²) in [4.78, 5) is 11.8. The van der Waals surface area contributed by atoms with Crippen LogP contribution in [0.25, 0.3) is 0 Å². The summed E-state index contributed by atoms with van der Waals surface area (Å²) in [5, 5.41) is 12.6. The molecular weight excluding hydrogens is 358 g/mol. The summed E-state index contributed by atoms with van der Waals surface area (Å²) < 4.78 is 16.2. The Morgan fingerprint density at radius 2 is 1.86 bits per heavy atom. The van der Waals surface area contributed by atoms with Crippen LogP contribution in [0.3, 0.4) is 0 Å². The number of hydrogen-bond acceptors (Lipinski definition) is 5. The number of rotatable bonds is 11. The lowest BCUT2D eigenvalue weighted by Gasteiger charge is -2.29. The van der Waals surface area contributed by atoms with Crippen molar-refractivity contribution in [1.29, 1.82) is 0 Å². The summed E-state index contributed by atoms with van der Waals surface area (Å²) in [7, 11) is 3.31. The number of carbonyl (C=O) groups excluding carboxylic acids is 1. The molecule has 3 atom stereocenters. The normalized spacial score (nSPS) is 15.0. The van der Waals surface area contributed by atoms with Crippen LogP contribution in [0.2, 0.25) is 0 Å². The molecule has 6 heteroatoms. The first-order valence-electron chi connectivity index (χ1n) is 9.93. The SMILES string of the molecule is COC(C)CC(c1ccccc1CCCNC(=O)OC(C)(C)C)C(CO)OC. The number of amides is 1. The zero-order chi connectivity index (χ0) is 21.2. The van der Waals surface area contributed by atoms with E-state index in [1.807, 2.05) is 39.8 Å². The summed E-state index contributed by atoms with van der Waals surface area (Å²) in [6, 6.07) is 8.20. The minimum absolute atomic E-state index is 0.0277. The second kappa shape index (κ2) is 12.0. The molecule has 0 aromatic heterocycles. The number of ether oxygens (including phenoxy) is 3. The molecule has 1 aromatic rings. The van der Waals surface area contributed by atoms with Crippen molar-refractivity contribution < 1.29 is 24.1 Å². The summed E-state index contributed by atoms with van der Waals surface area (Å²) in [6.45, 7) is 8.04. The third-order valence-electron chi connectivity index (χ3n) is 4.67. The van der Waals surface area contributed by atoms with Crippen LogP contribution in [0.5, 0.6) is 0 Å². The van der Waals surface area contributed by atoms with Crippen molar-refractivity contribution in [3.05, 3.63) is 35.4 Å². The fourth-order valence-corrected chi connectivity index (χ4v) is 3.21. The highest BCUT2D eigenvalue weighted by molar-refractivity contribution is 5.67. The van der Waals surface area contributed by atoms with Gasteiger partial charge in [0.2, 0.25) is 0 Å². The zero-order valence-electron chi connectivity index (χ0n) is 18.2. The van der Waals surface area contributed by atoms with E-state index >= 15 is 0 Å². The molecule has 0 heterocycles. The fourth-order valence-electron chi connectivity index (χ4n) is 3.21. The van der Waals surface area contributed by atoms with Gasteiger partial charge in [0.25, 0.3) is 0 Å². The molecule has 3 unspecified atom stereocenters. The minimum atomic E-state index is -0.499. The van der Waals surface area contributed by atoms with Crippen molar-refractivity contribution in [3.63, 3.8) is 0 Å². The Bertz CT molecular complexity index is 581. The molecule has 0 aliphatic rings. The van der Waals surface area contributed by atoms with Crippen LogP contribution in [-0.4, -0.2) is 56.4 Å². The van der Waals surface area contributed by atoms with Crippen LogP contribution in [0.1, 0.15) is 57.6 Å². The molecule has 0 radical (unpaired) electrons. The van der Waals surface area contributed by atoms with Gasteiger partial charge in [-0.3, -0.25) is 0 Å². The number of aliphatic hydroxyl groups is 1. The van der Waals surface area contributed by atoms with E-state index in [4.69, 9.17) is 14.2 Å². The number of hydrogen-bond donors (Lipinski definition) is 2. The van der Waals surface area contributed by atoms with E-state index in [9.17, 15) is 9.90 Å². The van der Waals surface area contributed by atoms with Crippen LogP contribution in [-0.2, 0) is 20.6 Å². The number of benzene rings is 1. The van der Waals surface area contributed by atoms with Gasteiger partial charge in [-0.15, -0.1) is 0 Å². The van der Waals surface area contributed by atoms with Crippen molar-refractivity contribution in [2.75, 3.05) is 27.4 Å². The molecule has 0 bridgehead atoms. The summed E-state index contributed by atoms with van der Waals surface area (Å²) in [6.07, 6.45) is 1.72. The monoisotopic (exact) mass is 395 g/mol. The first kappa shape index (κ1) is 24.4. The molecule has 2 N–H and O–H groups in total. The molecule has 0 aliphatic heterocycles. The molecule has 1 rings (SSSR count). The molecule has 28 heavy (non-hydrogen) atoms. The van der Waals surface area contributed by atoms with Crippen molar-refractivity contribution in [3.8, 4) is 0 Å². The van der Waals surface area contributed by atoms with E-state index < -0.39 is 11.7 Å². The van der Waals surface area contributed by atoms with Gasteiger partial charge in [0.1, 0.15) is 5.60 Å². The van der Waals surface area contributed by atoms with E-state index in [0.29, 0.717) is 6.54 Å². The topological polar surface area (TPSA) is 77.0 Å². The van der Waals surface area contributed by atoms with Crippen molar-refractivity contribution >= 4 is 6.09 Å². The van der Waals surface area contributed by atoms with Crippen molar-refractivity contribution in [2.24, 2.45) is 0 Å². The quantitative estimate of drug-likeness (QED) is 0.559. The number of nitrogens with one attached hydrogen (secondary N) is 1. The highest BCUT2D eigenvalue weighted by Gasteiger charge is 2.26. The predicted molar refractivity (Wildman–Crippen MR) is 111 cm³/mol. The van der Waals surface area contributed by atoms with Crippen LogP contribution in [0.4, 0.5) is 4.79 Å². The second-order valence-electron chi connectivity index (χ2n) is 8.08. The molecule has 1 amide bonds. The Morgan fingerprint density at radius 3 is 2.43 bits per heavy atom. The average molecular weight is 396 g/mol. The molecule has 6 nitrogen and oxygen atoms in total. The van der Waals surface area contributed by atoms with Gasteiger partial charge in [-0.1, -0.05) is 24.3 Å². The Labute approximate surface area is 169 Å². The molecule has 0 fully saturated rings. The Balaban J connectivity index is 2.79. The molecular formula is C22H37NO5. The number of carbonyl (C=O) groups is 1. The first-order valence-corrected chi connectivity index (χ1v) is 9.93. The van der Waals surface area contributed by atoms with Gasteiger partial charge in [-0.2, -0.15) is 0 Å². The lowest BCUT2D eigenvalue weighted by Crippen LogP contribution is -2.33. The zero-order valence-corrected chi connectivity index (χ0v) is 18.2. The van der Waals surface area contributed by atoms with E-state index in [2.05, 4.69) is 17.4 Å². The Hall–Kier alpha value is -1.63. The maximum absolute atomic E-state index is 11.8. The van der Waals surface area contributed by atoms with E-state index in [1.54, 1.807) is 14.2 Å². The van der Waals surface area contributed by atoms with Gasteiger partial charge in [-0.25, -0.2) is 4.79 Å². The summed E-state index contributed by atoms with van der Waals surface area (Å²) in [5.41, 5.74) is 1.85. The van der Waals surface area contributed by atoms with Crippen LogP contribution >= 0.6 is 0 Å². The smallest absolute Gasteiger partial charge is 0.407 e. The number of aliphatic hydroxyl groups excluding tert-OH is 1. The van der Waals surface area contributed by atoms with Gasteiger partial charge in [0, 0.05) is 26.7 Å². The minimum Gasteiger partial charge on any atom is -0.444 e.